The fourth-order valence-corrected chi connectivity index (χ4v) is 3.69. The molecule has 1 amide bonds. The number of rotatable bonds is 12. The third-order valence-corrected chi connectivity index (χ3v) is 5.42. The Kier molecular flexibility index (Phi) is 10.1. The Labute approximate surface area is 156 Å². The molecule has 0 aliphatic carbocycles. The van der Waals surface area contributed by atoms with E-state index < -0.39 is 10.0 Å². The number of primary sulfonamides is 1. The van der Waals surface area contributed by atoms with Crippen molar-refractivity contribution in [3.8, 4) is 0 Å². The van der Waals surface area contributed by atoms with Crippen LogP contribution in [-0.4, -0.2) is 14.3 Å². The van der Waals surface area contributed by atoms with Crippen LogP contribution in [0.1, 0.15) is 71.1 Å². The summed E-state index contributed by atoms with van der Waals surface area (Å²) >= 11 is 5.82. The molecule has 0 fully saturated rings. The van der Waals surface area contributed by atoms with Crippen LogP contribution in [0.15, 0.2) is 23.1 Å². The molecule has 1 rings (SSSR count). The summed E-state index contributed by atoms with van der Waals surface area (Å²) in [5.74, 6) is -0.134. The van der Waals surface area contributed by atoms with Crippen molar-refractivity contribution < 1.29 is 13.2 Å². The lowest BCUT2D eigenvalue weighted by atomic mass is 10.1. The van der Waals surface area contributed by atoms with Crippen LogP contribution < -0.4 is 10.5 Å². The molecule has 5 nitrogen and oxygen atoms in total. The molecule has 0 aliphatic heterocycles. The molecule has 25 heavy (non-hydrogen) atoms. The highest BCUT2D eigenvalue weighted by molar-refractivity contribution is 7.89. The van der Waals surface area contributed by atoms with E-state index in [1.807, 2.05) is 0 Å². The zero-order valence-corrected chi connectivity index (χ0v) is 16.5. The highest BCUT2D eigenvalue weighted by atomic mass is 35.5. The monoisotopic (exact) mass is 388 g/mol. The third kappa shape index (κ3) is 9.23. The maximum absolute atomic E-state index is 11.9. The summed E-state index contributed by atoms with van der Waals surface area (Å²) in [6.07, 6.45) is 11.1. The van der Waals surface area contributed by atoms with E-state index >= 15 is 0 Å². The van der Waals surface area contributed by atoms with Crippen LogP contribution in [0.5, 0.6) is 0 Å². The van der Waals surface area contributed by atoms with E-state index in [0.717, 1.165) is 19.3 Å². The number of amides is 1. The molecule has 0 aliphatic rings. The van der Waals surface area contributed by atoms with Crippen molar-refractivity contribution in [2.75, 3.05) is 5.32 Å². The lowest BCUT2D eigenvalue weighted by Gasteiger charge is -2.08. The molecule has 1 aromatic rings. The molecule has 142 valence electrons. The van der Waals surface area contributed by atoms with Crippen molar-refractivity contribution in [1.29, 1.82) is 0 Å². The van der Waals surface area contributed by atoms with Gasteiger partial charge in [-0.2, -0.15) is 0 Å². The summed E-state index contributed by atoms with van der Waals surface area (Å²) in [4.78, 5) is 11.8. The normalized spacial score (nSPS) is 11.5. The molecule has 7 heteroatoms. The molecule has 0 spiro atoms. The van der Waals surface area contributed by atoms with Gasteiger partial charge in [-0.15, -0.1) is 0 Å². The minimum absolute atomic E-state index is 0.0411. The molecule has 0 saturated heterocycles. The van der Waals surface area contributed by atoms with E-state index in [2.05, 4.69) is 12.2 Å². The van der Waals surface area contributed by atoms with Crippen molar-refractivity contribution in [2.24, 2.45) is 5.14 Å². The lowest BCUT2D eigenvalue weighted by Crippen LogP contribution is -2.15. The van der Waals surface area contributed by atoms with E-state index in [9.17, 15) is 13.2 Å². The van der Waals surface area contributed by atoms with Crippen LogP contribution in [0, 0.1) is 0 Å². The van der Waals surface area contributed by atoms with E-state index in [1.54, 1.807) is 6.07 Å². The molecule has 0 radical (unpaired) electrons. The average Bonchev–Trinajstić information content (AvgIpc) is 2.54. The van der Waals surface area contributed by atoms with Gasteiger partial charge in [-0.3, -0.25) is 4.79 Å². The standard InChI is InChI=1S/C18H29ClN2O3S/c1-2-3-4-5-6-7-8-9-10-11-18(22)21-15-12-13-16(19)17(14-15)25(20,23)24/h12-14H,2-11H2,1H3,(H,21,22)(H2,20,23,24). The van der Waals surface area contributed by atoms with Gasteiger partial charge in [-0.25, -0.2) is 13.6 Å². The first-order valence-electron chi connectivity index (χ1n) is 8.96. The molecule has 1 aromatic carbocycles. The van der Waals surface area contributed by atoms with Crippen LogP contribution >= 0.6 is 11.6 Å². The van der Waals surface area contributed by atoms with Gasteiger partial charge >= 0.3 is 0 Å². The number of carbonyl (C=O) groups excluding carboxylic acids is 1. The number of sulfonamides is 1. The Morgan fingerprint density at radius 1 is 1.04 bits per heavy atom. The van der Waals surface area contributed by atoms with Crippen molar-refractivity contribution in [3.05, 3.63) is 23.2 Å². The smallest absolute Gasteiger partial charge is 0.239 e. The average molecular weight is 389 g/mol. The van der Waals surface area contributed by atoms with Crippen LogP contribution in [0.25, 0.3) is 0 Å². The summed E-state index contributed by atoms with van der Waals surface area (Å²) < 4.78 is 22.9. The highest BCUT2D eigenvalue weighted by Crippen LogP contribution is 2.24. The number of hydrogen-bond acceptors (Lipinski definition) is 3. The first kappa shape index (κ1) is 21.9. The molecule has 3 N–H and O–H groups in total. The van der Waals surface area contributed by atoms with Crippen molar-refractivity contribution in [3.63, 3.8) is 0 Å². The summed E-state index contributed by atoms with van der Waals surface area (Å²) in [5, 5.41) is 7.83. The number of benzene rings is 1. The number of nitrogens with one attached hydrogen (secondary N) is 1. The minimum Gasteiger partial charge on any atom is -0.326 e. The van der Waals surface area contributed by atoms with E-state index in [-0.39, 0.29) is 15.8 Å². The van der Waals surface area contributed by atoms with Gasteiger partial charge in [-0.1, -0.05) is 69.9 Å². The fourth-order valence-electron chi connectivity index (χ4n) is 2.62. The quantitative estimate of drug-likeness (QED) is 0.501. The summed E-state index contributed by atoms with van der Waals surface area (Å²) in [7, 11) is -3.91. The molecular weight excluding hydrogens is 360 g/mol. The van der Waals surface area contributed by atoms with Crippen LogP contribution in [0.2, 0.25) is 5.02 Å². The van der Waals surface area contributed by atoms with Gasteiger partial charge < -0.3 is 5.32 Å². The predicted octanol–water partition coefficient (Wildman–Crippen LogP) is 4.85. The molecule has 0 heterocycles. The number of carbonyl (C=O) groups is 1. The summed E-state index contributed by atoms with van der Waals surface area (Å²) in [6.45, 7) is 2.21. The van der Waals surface area contributed by atoms with Crippen LogP contribution in [0.3, 0.4) is 0 Å². The number of unbranched alkanes of at least 4 members (excludes halogenated alkanes) is 8. The highest BCUT2D eigenvalue weighted by Gasteiger charge is 2.14. The Hall–Kier alpha value is -1.11. The van der Waals surface area contributed by atoms with Gasteiger partial charge in [0.15, 0.2) is 0 Å². The first-order chi connectivity index (χ1) is 11.8. The molecule has 0 aromatic heterocycles. The molecule has 0 bridgehead atoms. The minimum atomic E-state index is -3.91. The lowest BCUT2D eigenvalue weighted by molar-refractivity contribution is -0.116. The van der Waals surface area contributed by atoms with Gasteiger partial charge in [0.1, 0.15) is 4.90 Å². The first-order valence-corrected chi connectivity index (χ1v) is 10.9. The van der Waals surface area contributed by atoms with Crippen molar-refractivity contribution in [2.45, 2.75) is 76.0 Å². The topological polar surface area (TPSA) is 89.3 Å². The number of halogens is 1. The van der Waals surface area contributed by atoms with Gasteiger partial charge in [0, 0.05) is 12.1 Å². The van der Waals surface area contributed by atoms with Crippen molar-refractivity contribution >= 4 is 33.2 Å². The third-order valence-electron chi connectivity index (χ3n) is 4.03. The van der Waals surface area contributed by atoms with E-state index in [4.69, 9.17) is 16.7 Å². The Morgan fingerprint density at radius 2 is 1.60 bits per heavy atom. The van der Waals surface area contributed by atoms with Crippen molar-refractivity contribution in [1.82, 2.24) is 0 Å². The second-order valence-corrected chi connectivity index (χ2v) is 8.25. The second kappa shape index (κ2) is 11.5. The Balaban J connectivity index is 2.27. The molecule has 0 unspecified atom stereocenters. The number of hydrogen-bond donors (Lipinski definition) is 2. The second-order valence-electron chi connectivity index (χ2n) is 6.32. The van der Waals surface area contributed by atoms with Crippen LogP contribution in [0.4, 0.5) is 5.69 Å². The van der Waals surface area contributed by atoms with Crippen LogP contribution in [-0.2, 0) is 14.8 Å². The predicted molar refractivity (Wildman–Crippen MR) is 103 cm³/mol. The SMILES string of the molecule is CCCCCCCCCCCC(=O)Nc1ccc(Cl)c(S(N)(=O)=O)c1. The van der Waals surface area contributed by atoms with E-state index in [0.29, 0.717) is 12.1 Å². The van der Waals surface area contributed by atoms with Gasteiger partial charge in [-0.05, 0) is 24.6 Å². The zero-order chi connectivity index (χ0) is 18.7. The molecule has 0 atom stereocenters. The van der Waals surface area contributed by atoms with Gasteiger partial charge in [0.25, 0.3) is 0 Å². The fraction of sp³-hybridized carbons (Fsp3) is 0.611. The summed E-state index contributed by atoms with van der Waals surface area (Å²) in [5.41, 5.74) is 0.384. The van der Waals surface area contributed by atoms with Gasteiger partial charge in [0.05, 0.1) is 5.02 Å². The maximum Gasteiger partial charge on any atom is 0.239 e. The molecular formula is C18H29ClN2O3S. The largest absolute Gasteiger partial charge is 0.326 e. The zero-order valence-electron chi connectivity index (χ0n) is 14.9. The summed E-state index contributed by atoms with van der Waals surface area (Å²) in [6, 6.07) is 4.26. The number of nitrogens with two attached hydrogens (primary N) is 1. The van der Waals surface area contributed by atoms with E-state index in [1.165, 1.54) is 50.7 Å². The Bertz CT molecular complexity index is 648. The molecule has 0 saturated carbocycles. The number of anilines is 1. The van der Waals surface area contributed by atoms with Gasteiger partial charge in [0.2, 0.25) is 15.9 Å². The maximum atomic E-state index is 11.9. The Morgan fingerprint density at radius 3 is 2.16 bits per heavy atom.